The molecule has 1 amide bonds. The maximum atomic E-state index is 12.8. The second kappa shape index (κ2) is 7.78. The number of nitrogens with one attached hydrogen (secondary N) is 1. The summed E-state index contributed by atoms with van der Waals surface area (Å²) < 4.78 is 27.0. The topological polar surface area (TPSA) is 110 Å². The van der Waals surface area contributed by atoms with E-state index in [1.807, 2.05) is 6.07 Å². The molecule has 140 valence electrons. The van der Waals surface area contributed by atoms with E-state index in [-0.39, 0.29) is 27.5 Å². The number of anilines is 1. The minimum absolute atomic E-state index is 0.0621. The molecule has 2 aromatic rings. The monoisotopic (exact) mass is 385 g/mol. The Morgan fingerprint density at radius 1 is 1.11 bits per heavy atom. The summed E-state index contributed by atoms with van der Waals surface area (Å²) in [4.78, 5) is 12.6. The lowest BCUT2D eigenvalue weighted by atomic mass is 10.1. The van der Waals surface area contributed by atoms with Crippen molar-refractivity contribution in [1.29, 1.82) is 5.26 Å². The van der Waals surface area contributed by atoms with Gasteiger partial charge in [-0.2, -0.15) is 9.57 Å². The van der Waals surface area contributed by atoms with Crippen molar-refractivity contribution in [2.24, 2.45) is 0 Å². The summed E-state index contributed by atoms with van der Waals surface area (Å²) in [7, 11) is -3.65. The van der Waals surface area contributed by atoms with E-state index in [1.165, 1.54) is 46.8 Å². The highest BCUT2D eigenvalue weighted by Gasteiger charge is 2.26. The van der Waals surface area contributed by atoms with Crippen LogP contribution in [0.15, 0.2) is 47.4 Å². The second-order valence-corrected chi connectivity index (χ2v) is 8.23. The van der Waals surface area contributed by atoms with Crippen molar-refractivity contribution in [3.8, 4) is 11.8 Å². The van der Waals surface area contributed by atoms with E-state index in [1.54, 1.807) is 0 Å². The van der Waals surface area contributed by atoms with Gasteiger partial charge in [-0.25, -0.2) is 8.42 Å². The number of carbonyl (C=O) groups excluding carboxylic acids is 1. The number of rotatable bonds is 4. The molecule has 2 N–H and O–H groups in total. The average molecular weight is 385 g/mol. The van der Waals surface area contributed by atoms with Gasteiger partial charge in [-0.1, -0.05) is 12.5 Å². The molecule has 1 fully saturated rings. The fourth-order valence-electron chi connectivity index (χ4n) is 2.95. The average Bonchev–Trinajstić information content (AvgIpc) is 2.70. The van der Waals surface area contributed by atoms with Gasteiger partial charge < -0.3 is 10.4 Å². The van der Waals surface area contributed by atoms with Crippen LogP contribution in [-0.2, 0) is 10.0 Å². The van der Waals surface area contributed by atoms with Crippen molar-refractivity contribution in [3.05, 3.63) is 53.6 Å². The minimum Gasteiger partial charge on any atom is -0.506 e. The van der Waals surface area contributed by atoms with Crippen molar-refractivity contribution in [3.63, 3.8) is 0 Å². The molecule has 0 aliphatic carbocycles. The Labute approximate surface area is 157 Å². The smallest absolute Gasteiger partial charge is 0.255 e. The van der Waals surface area contributed by atoms with Gasteiger partial charge in [0.25, 0.3) is 5.91 Å². The lowest BCUT2D eigenvalue weighted by molar-refractivity contribution is 0.102. The van der Waals surface area contributed by atoms with Crippen LogP contribution >= 0.6 is 0 Å². The van der Waals surface area contributed by atoms with Crippen molar-refractivity contribution < 1.29 is 18.3 Å². The molecule has 0 aromatic heterocycles. The van der Waals surface area contributed by atoms with E-state index in [9.17, 15) is 18.3 Å². The lowest BCUT2D eigenvalue weighted by Gasteiger charge is -2.26. The summed E-state index contributed by atoms with van der Waals surface area (Å²) in [5.41, 5.74) is 0.516. The van der Waals surface area contributed by atoms with E-state index < -0.39 is 15.9 Å². The lowest BCUT2D eigenvalue weighted by Crippen LogP contribution is -2.35. The minimum atomic E-state index is -3.65. The van der Waals surface area contributed by atoms with Gasteiger partial charge in [0.1, 0.15) is 5.75 Å². The molecule has 0 bridgehead atoms. The third-order valence-electron chi connectivity index (χ3n) is 4.42. The number of phenols is 1. The summed E-state index contributed by atoms with van der Waals surface area (Å²) in [6.45, 7) is 0.959. The number of nitriles is 1. The maximum Gasteiger partial charge on any atom is 0.255 e. The number of amides is 1. The Bertz CT molecular complexity index is 1010. The molecule has 27 heavy (non-hydrogen) atoms. The first-order chi connectivity index (χ1) is 12.9. The molecular formula is C19H19N3O4S. The fraction of sp³-hybridized carbons (Fsp3) is 0.263. The van der Waals surface area contributed by atoms with Crippen LogP contribution in [0.4, 0.5) is 5.69 Å². The largest absolute Gasteiger partial charge is 0.506 e. The number of benzene rings is 2. The number of phenolic OH excluding ortho intramolecular Hbond substituents is 1. The summed E-state index contributed by atoms with van der Waals surface area (Å²) in [6.07, 6.45) is 2.67. The first-order valence-electron chi connectivity index (χ1n) is 8.56. The van der Waals surface area contributed by atoms with Crippen LogP contribution in [0.25, 0.3) is 0 Å². The van der Waals surface area contributed by atoms with E-state index in [4.69, 9.17) is 5.26 Å². The molecule has 7 nitrogen and oxygen atoms in total. The number of sulfonamides is 1. The van der Waals surface area contributed by atoms with Crippen molar-refractivity contribution in [2.75, 3.05) is 18.4 Å². The Morgan fingerprint density at radius 2 is 1.85 bits per heavy atom. The molecule has 0 unspecified atom stereocenters. The van der Waals surface area contributed by atoms with Crippen LogP contribution < -0.4 is 5.32 Å². The van der Waals surface area contributed by atoms with Gasteiger partial charge in [-0.05, 0) is 49.2 Å². The van der Waals surface area contributed by atoms with E-state index >= 15 is 0 Å². The number of nitrogens with zero attached hydrogens (tertiary/aromatic N) is 2. The van der Waals surface area contributed by atoms with Crippen LogP contribution in [0, 0.1) is 11.3 Å². The SMILES string of the molecule is N#Cc1ccc(O)c(NC(=O)c2cccc(S(=O)(=O)N3CCCCC3)c2)c1. The Kier molecular flexibility index (Phi) is 5.44. The Hall–Kier alpha value is -2.89. The quantitative estimate of drug-likeness (QED) is 0.786. The molecule has 1 aliphatic rings. The second-order valence-electron chi connectivity index (χ2n) is 6.29. The Balaban J connectivity index is 1.85. The van der Waals surface area contributed by atoms with Gasteiger partial charge in [0.15, 0.2) is 0 Å². The van der Waals surface area contributed by atoms with Gasteiger partial charge in [-0.15, -0.1) is 0 Å². The van der Waals surface area contributed by atoms with Crippen LogP contribution in [0.2, 0.25) is 0 Å². The van der Waals surface area contributed by atoms with Crippen molar-refractivity contribution >= 4 is 21.6 Å². The van der Waals surface area contributed by atoms with Crippen LogP contribution in [0.5, 0.6) is 5.75 Å². The van der Waals surface area contributed by atoms with Crippen LogP contribution in [-0.4, -0.2) is 36.8 Å². The van der Waals surface area contributed by atoms with Gasteiger partial charge in [-0.3, -0.25) is 4.79 Å². The molecule has 3 rings (SSSR count). The van der Waals surface area contributed by atoms with Gasteiger partial charge >= 0.3 is 0 Å². The first-order valence-corrected chi connectivity index (χ1v) is 10.0. The van der Waals surface area contributed by atoms with Gasteiger partial charge in [0.05, 0.1) is 22.2 Å². The summed E-state index contributed by atoms with van der Waals surface area (Å²) in [5.74, 6) is -0.754. The summed E-state index contributed by atoms with van der Waals surface area (Å²) in [6, 6.07) is 11.8. The zero-order valence-corrected chi connectivity index (χ0v) is 15.4. The van der Waals surface area contributed by atoms with Gasteiger partial charge in [0, 0.05) is 18.7 Å². The zero-order chi connectivity index (χ0) is 19.4. The molecule has 0 radical (unpaired) electrons. The van der Waals surface area contributed by atoms with Crippen LogP contribution in [0.3, 0.4) is 0 Å². The van der Waals surface area contributed by atoms with E-state index in [2.05, 4.69) is 5.32 Å². The molecule has 0 atom stereocenters. The highest BCUT2D eigenvalue weighted by molar-refractivity contribution is 7.89. The highest BCUT2D eigenvalue weighted by atomic mass is 32.2. The number of hydrogen-bond donors (Lipinski definition) is 2. The number of carbonyl (C=O) groups is 1. The summed E-state index contributed by atoms with van der Waals surface area (Å²) >= 11 is 0. The predicted molar refractivity (Wildman–Crippen MR) is 99.8 cm³/mol. The van der Waals surface area contributed by atoms with E-state index in [0.717, 1.165) is 19.3 Å². The molecule has 1 aliphatic heterocycles. The molecule has 0 saturated carbocycles. The van der Waals surface area contributed by atoms with Crippen molar-refractivity contribution in [2.45, 2.75) is 24.2 Å². The summed E-state index contributed by atoms with van der Waals surface area (Å²) in [5, 5.41) is 21.3. The normalized spacial score (nSPS) is 15.1. The molecule has 1 heterocycles. The number of piperidine rings is 1. The molecule has 0 spiro atoms. The Morgan fingerprint density at radius 3 is 2.56 bits per heavy atom. The molecule has 1 saturated heterocycles. The van der Waals surface area contributed by atoms with Crippen molar-refractivity contribution in [1.82, 2.24) is 4.31 Å². The highest BCUT2D eigenvalue weighted by Crippen LogP contribution is 2.25. The predicted octanol–water partition coefficient (Wildman–Crippen LogP) is 2.69. The van der Waals surface area contributed by atoms with Crippen LogP contribution in [0.1, 0.15) is 35.2 Å². The van der Waals surface area contributed by atoms with Gasteiger partial charge in [0.2, 0.25) is 10.0 Å². The number of aromatic hydroxyl groups is 1. The standard InChI is InChI=1S/C19H19N3O4S/c20-13-14-7-8-18(23)17(11-14)21-19(24)15-5-4-6-16(12-15)27(25,26)22-9-2-1-3-10-22/h4-8,11-12,23H,1-3,9-10H2,(H,21,24). The molecular weight excluding hydrogens is 366 g/mol. The first kappa shape index (κ1) is 18.9. The zero-order valence-electron chi connectivity index (χ0n) is 14.6. The third-order valence-corrected chi connectivity index (χ3v) is 6.32. The third kappa shape index (κ3) is 4.10. The van der Waals surface area contributed by atoms with E-state index in [0.29, 0.717) is 13.1 Å². The number of hydrogen-bond acceptors (Lipinski definition) is 5. The fourth-order valence-corrected chi connectivity index (χ4v) is 4.52. The molecule has 2 aromatic carbocycles. The molecule has 8 heteroatoms. The maximum absolute atomic E-state index is 12.8.